The highest BCUT2D eigenvalue weighted by atomic mass is 15.0. The van der Waals surface area contributed by atoms with Crippen LogP contribution in [-0.2, 0) is 6.54 Å². The molecule has 4 rings (SSSR count). The van der Waals surface area contributed by atoms with Gasteiger partial charge >= 0.3 is 0 Å². The van der Waals surface area contributed by atoms with Crippen LogP contribution in [-0.4, -0.2) is 9.55 Å². The molecule has 0 spiro atoms. The van der Waals surface area contributed by atoms with E-state index >= 15 is 0 Å². The molecule has 2 aromatic carbocycles. The zero-order valence-corrected chi connectivity index (χ0v) is 12.2. The van der Waals surface area contributed by atoms with Crippen molar-refractivity contribution >= 4 is 10.9 Å². The Hall–Kier alpha value is -2.87. The number of rotatable bonds is 3. The van der Waals surface area contributed by atoms with E-state index in [0.29, 0.717) is 0 Å². The van der Waals surface area contributed by atoms with Gasteiger partial charge in [-0.2, -0.15) is 0 Å². The van der Waals surface area contributed by atoms with Crippen LogP contribution in [0.25, 0.3) is 22.2 Å². The lowest BCUT2D eigenvalue weighted by Crippen LogP contribution is -2.01. The van der Waals surface area contributed by atoms with Gasteiger partial charge in [0.15, 0.2) is 0 Å². The van der Waals surface area contributed by atoms with Gasteiger partial charge in [-0.25, -0.2) is 0 Å². The number of benzene rings is 2. The van der Waals surface area contributed by atoms with E-state index in [4.69, 9.17) is 0 Å². The molecule has 0 bridgehead atoms. The average Bonchev–Trinajstić information content (AvgIpc) is 2.95. The Kier molecular flexibility index (Phi) is 3.20. The summed E-state index contributed by atoms with van der Waals surface area (Å²) in [7, 11) is 0. The van der Waals surface area contributed by atoms with Gasteiger partial charge in [0.25, 0.3) is 0 Å². The zero-order chi connectivity index (χ0) is 14.8. The molecule has 4 aromatic rings. The van der Waals surface area contributed by atoms with E-state index < -0.39 is 0 Å². The Balaban J connectivity index is 1.91. The molecule has 2 aromatic heterocycles. The SMILES string of the molecule is c1ccc(-c2cc3ccccc3n2Cc2ccncc2)cc1. The maximum atomic E-state index is 4.11. The first-order chi connectivity index (χ1) is 10.9. The van der Waals surface area contributed by atoms with Crippen LogP contribution in [0, 0.1) is 0 Å². The third-order valence-electron chi connectivity index (χ3n) is 3.97. The van der Waals surface area contributed by atoms with Crippen molar-refractivity contribution in [1.29, 1.82) is 0 Å². The summed E-state index contributed by atoms with van der Waals surface area (Å²) >= 11 is 0. The second-order valence-corrected chi connectivity index (χ2v) is 5.40. The second kappa shape index (κ2) is 5.49. The molecule has 0 amide bonds. The molecule has 0 saturated heterocycles. The van der Waals surface area contributed by atoms with Gasteiger partial charge in [0.05, 0.1) is 0 Å². The van der Waals surface area contributed by atoms with Crippen LogP contribution in [0.15, 0.2) is 85.2 Å². The lowest BCUT2D eigenvalue weighted by molar-refractivity contribution is 0.842. The predicted molar refractivity (Wildman–Crippen MR) is 90.7 cm³/mol. The number of hydrogen-bond acceptors (Lipinski definition) is 1. The Morgan fingerprint density at radius 2 is 1.50 bits per heavy atom. The van der Waals surface area contributed by atoms with E-state index in [1.165, 1.54) is 27.7 Å². The number of hydrogen-bond donors (Lipinski definition) is 0. The lowest BCUT2D eigenvalue weighted by atomic mass is 10.1. The Labute approximate surface area is 129 Å². The Morgan fingerprint density at radius 1 is 0.773 bits per heavy atom. The van der Waals surface area contributed by atoms with Gasteiger partial charge < -0.3 is 4.57 Å². The summed E-state index contributed by atoms with van der Waals surface area (Å²) in [5.41, 5.74) is 5.01. The highest BCUT2D eigenvalue weighted by Gasteiger charge is 2.10. The topological polar surface area (TPSA) is 17.8 Å². The van der Waals surface area contributed by atoms with Gasteiger partial charge in [0, 0.05) is 35.5 Å². The molecule has 22 heavy (non-hydrogen) atoms. The third kappa shape index (κ3) is 2.29. The van der Waals surface area contributed by atoms with Crippen molar-refractivity contribution in [3.05, 3.63) is 90.8 Å². The first-order valence-corrected chi connectivity index (χ1v) is 7.44. The first kappa shape index (κ1) is 12.8. The van der Waals surface area contributed by atoms with Crippen LogP contribution in [0.5, 0.6) is 0 Å². The van der Waals surface area contributed by atoms with Gasteiger partial charge in [-0.1, -0.05) is 48.5 Å². The van der Waals surface area contributed by atoms with Crippen LogP contribution in [0.3, 0.4) is 0 Å². The molecule has 0 aliphatic rings. The fourth-order valence-electron chi connectivity index (χ4n) is 2.90. The highest BCUT2D eigenvalue weighted by Crippen LogP contribution is 2.28. The number of aromatic nitrogens is 2. The minimum absolute atomic E-state index is 0.847. The van der Waals surface area contributed by atoms with E-state index in [-0.39, 0.29) is 0 Å². The summed E-state index contributed by atoms with van der Waals surface area (Å²) in [4.78, 5) is 4.11. The van der Waals surface area contributed by atoms with E-state index in [2.05, 4.69) is 82.3 Å². The monoisotopic (exact) mass is 284 g/mol. The lowest BCUT2D eigenvalue weighted by Gasteiger charge is -2.11. The quantitative estimate of drug-likeness (QED) is 0.531. The molecule has 0 fully saturated rings. The smallest absolute Gasteiger partial charge is 0.0494 e. The molecule has 106 valence electrons. The standard InChI is InChI=1S/C20H16N2/c1-2-6-17(7-3-1)20-14-18-8-4-5-9-19(18)22(20)15-16-10-12-21-13-11-16/h1-14H,15H2. The molecule has 0 unspecified atom stereocenters. The fraction of sp³-hybridized carbons (Fsp3) is 0.0500. The van der Waals surface area contributed by atoms with Crippen molar-refractivity contribution in [2.45, 2.75) is 6.54 Å². The van der Waals surface area contributed by atoms with Crippen LogP contribution >= 0.6 is 0 Å². The predicted octanol–water partition coefficient (Wildman–Crippen LogP) is 4.75. The number of fused-ring (bicyclic) bond motifs is 1. The van der Waals surface area contributed by atoms with E-state index in [9.17, 15) is 0 Å². The summed E-state index contributed by atoms with van der Waals surface area (Å²) in [6.07, 6.45) is 3.70. The van der Waals surface area contributed by atoms with E-state index in [1.807, 2.05) is 12.4 Å². The molecule has 0 radical (unpaired) electrons. The second-order valence-electron chi connectivity index (χ2n) is 5.40. The van der Waals surface area contributed by atoms with Gasteiger partial charge in [0.1, 0.15) is 0 Å². The minimum atomic E-state index is 0.847. The molecule has 0 saturated carbocycles. The molecule has 2 nitrogen and oxygen atoms in total. The zero-order valence-electron chi connectivity index (χ0n) is 12.2. The molecular weight excluding hydrogens is 268 g/mol. The van der Waals surface area contributed by atoms with Crippen molar-refractivity contribution in [2.24, 2.45) is 0 Å². The molecular formula is C20H16N2. The summed E-state index contributed by atoms with van der Waals surface area (Å²) in [6.45, 7) is 0.847. The summed E-state index contributed by atoms with van der Waals surface area (Å²) in [6, 6.07) is 25.5. The first-order valence-electron chi connectivity index (χ1n) is 7.44. The van der Waals surface area contributed by atoms with Crippen molar-refractivity contribution < 1.29 is 0 Å². The highest BCUT2D eigenvalue weighted by molar-refractivity contribution is 5.87. The van der Waals surface area contributed by atoms with Crippen molar-refractivity contribution in [1.82, 2.24) is 9.55 Å². The van der Waals surface area contributed by atoms with E-state index in [1.54, 1.807) is 0 Å². The van der Waals surface area contributed by atoms with Gasteiger partial charge in [-0.3, -0.25) is 4.98 Å². The maximum Gasteiger partial charge on any atom is 0.0494 e. The molecule has 0 atom stereocenters. The largest absolute Gasteiger partial charge is 0.336 e. The van der Waals surface area contributed by atoms with Crippen LogP contribution in [0.4, 0.5) is 0 Å². The number of para-hydroxylation sites is 1. The average molecular weight is 284 g/mol. The van der Waals surface area contributed by atoms with Crippen molar-refractivity contribution in [2.75, 3.05) is 0 Å². The molecule has 2 heteroatoms. The third-order valence-corrected chi connectivity index (χ3v) is 3.97. The minimum Gasteiger partial charge on any atom is -0.336 e. The normalized spacial score (nSPS) is 10.9. The molecule has 2 heterocycles. The van der Waals surface area contributed by atoms with Crippen LogP contribution in [0.2, 0.25) is 0 Å². The Morgan fingerprint density at radius 3 is 2.32 bits per heavy atom. The van der Waals surface area contributed by atoms with Crippen LogP contribution in [0.1, 0.15) is 5.56 Å². The van der Waals surface area contributed by atoms with Gasteiger partial charge in [-0.05, 0) is 35.4 Å². The van der Waals surface area contributed by atoms with Crippen LogP contribution < -0.4 is 0 Å². The van der Waals surface area contributed by atoms with Crippen molar-refractivity contribution in [3.63, 3.8) is 0 Å². The maximum absolute atomic E-state index is 4.11. The van der Waals surface area contributed by atoms with Gasteiger partial charge in [-0.15, -0.1) is 0 Å². The number of nitrogens with zero attached hydrogens (tertiary/aromatic N) is 2. The molecule has 0 aliphatic carbocycles. The van der Waals surface area contributed by atoms with E-state index in [0.717, 1.165) is 6.54 Å². The Bertz CT molecular complexity index is 893. The summed E-state index contributed by atoms with van der Waals surface area (Å²) in [5.74, 6) is 0. The molecule has 0 N–H and O–H groups in total. The molecule has 0 aliphatic heterocycles. The number of pyridine rings is 1. The fourth-order valence-corrected chi connectivity index (χ4v) is 2.90. The van der Waals surface area contributed by atoms with Gasteiger partial charge in [0.2, 0.25) is 0 Å². The summed E-state index contributed by atoms with van der Waals surface area (Å²) < 4.78 is 2.38. The summed E-state index contributed by atoms with van der Waals surface area (Å²) in [5, 5.41) is 1.27. The van der Waals surface area contributed by atoms with Crippen molar-refractivity contribution in [3.8, 4) is 11.3 Å².